The van der Waals surface area contributed by atoms with Crippen LogP contribution < -0.4 is 5.32 Å². The monoisotopic (exact) mass is 332 g/mol. The van der Waals surface area contributed by atoms with Crippen LogP contribution in [0.5, 0.6) is 0 Å². The van der Waals surface area contributed by atoms with Gasteiger partial charge in [0.2, 0.25) is 5.91 Å². The van der Waals surface area contributed by atoms with Gasteiger partial charge in [0.1, 0.15) is 11.4 Å². The van der Waals surface area contributed by atoms with Gasteiger partial charge in [0.15, 0.2) is 0 Å². The number of amides is 2. The second-order valence-electron chi connectivity index (χ2n) is 7.25. The molecule has 124 valence electrons. The van der Waals surface area contributed by atoms with Gasteiger partial charge in [-0.25, -0.2) is 0 Å². The lowest BCUT2D eigenvalue weighted by molar-refractivity contribution is -0.126. The van der Waals surface area contributed by atoms with Crippen LogP contribution in [0.1, 0.15) is 55.4 Å². The molecule has 0 aliphatic carbocycles. The Morgan fingerprint density at radius 2 is 2.04 bits per heavy atom. The van der Waals surface area contributed by atoms with Gasteiger partial charge in [-0.3, -0.25) is 9.59 Å². The van der Waals surface area contributed by atoms with Crippen molar-refractivity contribution in [2.45, 2.75) is 50.3 Å². The SMILES string of the molecule is CC(C)CCNC(=O)[C@H]1N2C(=O)c3ccccc3[C@@H]2SC1(C)C. The Morgan fingerprint density at radius 1 is 1.35 bits per heavy atom. The molecule has 2 heterocycles. The molecule has 4 nitrogen and oxygen atoms in total. The van der Waals surface area contributed by atoms with E-state index in [9.17, 15) is 9.59 Å². The molecule has 1 aromatic rings. The number of carbonyl (C=O) groups is 2. The van der Waals surface area contributed by atoms with E-state index in [1.165, 1.54) is 0 Å². The molecule has 23 heavy (non-hydrogen) atoms. The van der Waals surface area contributed by atoms with Gasteiger partial charge in [-0.05, 0) is 37.8 Å². The number of rotatable bonds is 4. The van der Waals surface area contributed by atoms with E-state index >= 15 is 0 Å². The lowest BCUT2D eigenvalue weighted by atomic mass is 10.0. The van der Waals surface area contributed by atoms with Crippen LogP contribution >= 0.6 is 11.8 Å². The van der Waals surface area contributed by atoms with Crippen LogP contribution in [-0.4, -0.2) is 34.0 Å². The molecule has 3 rings (SSSR count). The summed E-state index contributed by atoms with van der Waals surface area (Å²) in [5, 5.41) is 2.98. The second kappa shape index (κ2) is 5.86. The average molecular weight is 332 g/mol. The molecule has 0 unspecified atom stereocenters. The predicted molar refractivity (Wildman–Crippen MR) is 93.3 cm³/mol. The van der Waals surface area contributed by atoms with Crippen molar-refractivity contribution < 1.29 is 9.59 Å². The Hall–Kier alpha value is -1.49. The van der Waals surface area contributed by atoms with Gasteiger partial charge in [0, 0.05) is 16.9 Å². The van der Waals surface area contributed by atoms with Crippen molar-refractivity contribution >= 4 is 23.6 Å². The summed E-state index contributed by atoms with van der Waals surface area (Å²) in [7, 11) is 0. The van der Waals surface area contributed by atoms with Gasteiger partial charge < -0.3 is 10.2 Å². The molecule has 0 radical (unpaired) electrons. The molecule has 2 aliphatic heterocycles. The Labute approximate surface area is 142 Å². The molecule has 0 aromatic heterocycles. The summed E-state index contributed by atoms with van der Waals surface area (Å²) in [6, 6.07) is 7.27. The lowest BCUT2D eigenvalue weighted by Crippen LogP contribution is -2.52. The minimum atomic E-state index is -0.426. The summed E-state index contributed by atoms with van der Waals surface area (Å²) >= 11 is 1.71. The fraction of sp³-hybridized carbons (Fsp3) is 0.556. The summed E-state index contributed by atoms with van der Waals surface area (Å²) in [6.45, 7) is 9.04. The van der Waals surface area contributed by atoms with E-state index in [1.807, 2.05) is 24.3 Å². The van der Waals surface area contributed by atoms with E-state index in [1.54, 1.807) is 16.7 Å². The number of nitrogens with one attached hydrogen (secondary N) is 1. The highest BCUT2D eigenvalue weighted by Crippen LogP contribution is 2.56. The van der Waals surface area contributed by atoms with Crippen LogP contribution in [0.15, 0.2) is 24.3 Å². The second-order valence-corrected chi connectivity index (χ2v) is 8.98. The van der Waals surface area contributed by atoms with Crippen molar-refractivity contribution in [1.29, 1.82) is 0 Å². The molecule has 1 aromatic carbocycles. The smallest absolute Gasteiger partial charge is 0.256 e. The van der Waals surface area contributed by atoms with E-state index in [-0.39, 0.29) is 21.9 Å². The summed E-state index contributed by atoms with van der Waals surface area (Å²) in [6.07, 6.45) is 0.948. The van der Waals surface area contributed by atoms with Gasteiger partial charge in [0.25, 0.3) is 5.91 Å². The molecule has 1 fully saturated rings. The summed E-state index contributed by atoms with van der Waals surface area (Å²) in [5.74, 6) is 0.492. The number of nitrogens with zero attached hydrogens (tertiary/aromatic N) is 1. The number of carbonyl (C=O) groups excluding carboxylic acids is 2. The topological polar surface area (TPSA) is 49.4 Å². The standard InChI is InChI=1S/C18H24N2O2S/c1-11(2)9-10-19-15(21)14-18(3,4)23-17-13-8-6-5-7-12(13)16(22)20(14)17/h5-8,11,14,17H,9-10H2,1-4H3,(H,19,21)/t14-,17+/m1/s1. The van der Waals surface area contributed by atoms with Crippen LogP contribution in [-0.2, 0) is 4.79 Å². The molecule has 2 aliphatic rings. The van der Waals surface area contributed by atoms with Crippen LogP contribution in [0.2, 0.25) is 0 Å². The summed E-state index contributed by atoms with van der Waals surface area (Å²) in [4.78, 5) is 27.3. The van der Waals surface area contributed by atoms with Crippen LogP contribution in [0, 0.1) is 5.92 Å². The van der Waals surface area contributed by atoms with Crippen molar-refractivity contribution in [3.63, 3.8) is 0 Å². The maximum absolute atomic E-state index is 12.8. The van der Waals surface area contributed by atoms with Crippen LogP contribution in [0.4, 0.5) is 0 Å². The third kappa shape index (κ3) is 2.75. The molecule has 0 saturated carbocycles. The molecule has 0 spiro atoms. The first-order chi connectivity index (χ1) is 10.8. The molecule has 2 atom stereocenters. The minimum absolute atomic E-state index is 0.0207. The van der Waals surface area contributed by atoms with Gasteiger partial charge in [-0.15, -0.1) is 11.8 Å². The third-order valence-electron chi connectivity index (χ3n) is 4.57. The van der Waals surface area contributed by atoms with E-state index in [4.69, 9.17) is 0 Å². The molecular weight excluding hydrogens is 308 g/mol. The molecule has 0 bridgehead atoms. The minimum Gasteiger partial charge on any atom is -0.354 e. The van der Waals surface area contributed by atoms with Crippen molar-refractivity contribution in [3.8, 4) is 0 Å². The fourth-order valence-corrected chi connectivity index (χ4v) is 4.97. The molecule has 1 N–H and O–H groups in total. The zero-order valence-electron chi connectivity index (χ0n) is 14.1. The molecular formula is C18H24N2O2S. The third-order valence-corrected chi connectivity index (χ3v) is 6.10. The Morgan fingerprint density at radius 3 is 2.74 bits per heavy atom. The van der Waals surface area contributed by atoms with Gasteiger partial charge in [-0.1, -0.05) is 32.0 Å². The van der Waals surface area contributed by atoms with Crippen molar-refractivity contribution in [3.05, 3.63) is 35.4 Å². The van der Waals surface area contributed by atoms with E-state index in [0.717, 1.165) is 17.5 Å². The van der Waals surface area contributed by atoms with Crippen LogP contribution in [0.3, 0.4) is 0 Å². The fourth-order valence-electron chi connectivity index (χ4n) is 3.39. The normalized spacial score (nSPS) is 24.7. The van der Waals surface area contributed by atoms with Crippen molar-refractivity contribution in [2.75, 3.05) is 6.54 Å². The first-order valence-electron chi connectivity index (χ1n) is 8.20. The average Bonchev–Trinajstić information content (AvgIpc) is 2.90. The predicted octanol–water partition coefficient (Wildman–Crippen LogP) is 3.20. The highest BCUT2D eigenvalue weighted by atomic mass is 32.2. The zero-order valence-corrected chi connectivity index (χ0v) is 14.9. The first kappa shape index (κ1) is 16.4. The van der Waals surface area contributed by atoms with E-state index in [2.05, 4.69) is 33.0 Å². The lowest BCUT2D eigenvalue weighted by Gasteiger charge is -2.29. The Kier molecular flexibility index (Phi) is 4.17. The van der Waals surface area contributed by atoms with Crippen molar-refractivity contribution in [2.24, 2.45) is 5.92 Å². The summed E-state index contributed by atoms with van der Waals surface area (Å²) in [5.41, 5.74) is 1.77. The van der Waals surface area contributed by atoms with Gasteiger partial charge >= 0.3 is 0 Å². The number of thioether (sulfide) groups is 1. The van der Waals surface area contributed by atoms with Crippen LogP contribution in [0.25, 0.3) is 0 Å². The maximum atomic E-state index is 12.8. The molecule has 2 amide bonds. The summed E-state index contributed by atoms with van der Waals surface area (Å²) < 4.78 is -0.296. The zero-order chi connectivity index (χ0) is 16.8. The number of hydrogen-bond donors (Lipinski definition) is 1. The largest absolute Gasteiger partial charge is 0.354 e. The molecule has 5 heteroatoms. The first-order valence-corrected chi connectivity index (χ1v) is 9.08. The quantitative estimate of drug-likeness (QED) is 0.921. The van der Waals surface area contributed by atoms with Gasteiger partial charge in [-0.2, -0.15) is 0 Å². The number of benzene rings is 1. The Balaban J connectivity index is 1.84. The van der Waals surface area contributed by atoms with E-state index in [0.29, 0.717) is 12.5 Å². The Bertz CT molecular complexity index is 642. The van der Waals surface area contributed by atoms with Gasteiger partial charge in [0.05, 0.1) is 0 Å². The highest BCUT2D eigenvalue weighted by Gasteiger charge is 2.57. The number of fused-ring (bicyclic) bond motifs is 3. The maximum Gasteiger partial charge on any atom is 0.256 e. The number of hydrogen-bond acceptors (Lipinski definition) is 3. The van der Waals surface area contributed by atoms with Crippen molar-refractivity contribution in [1.82, 2.24) is 10.2 Å². The highest BCUT2D eigenvalue weighted by molar-refractivity contribution is 8.01. The molecule has 1 saturated heterocycles. The van der Waals surface area contributed by atoms with E-state index < -0.39 is 6.04 Å².